The molecule has 0 amide bonds. The van der Waals surface area contributed by atoms with Crippen LogP contribution in [0.15, 0.2) is 47.0 Å². The molecule has 2 N–H and O–H groups in total. The summed E-state index contributed by atoms with van der Waals surface area (Å²) < 4.78 is 5.60. The second kappa shape index (κ2) is 3.90. The predicted molar refractivity (Wildman–Crippen MR) is 65.5 cm³/mol. The van der Waals surface area contributed by atoms with Gasteiger partial charge in [0.2, 0.25) is 5.89 Å². The van der Waals surface area contributed by atoms with Crippen molar-refractivity contribution in [3.05, 3.63) is 54.0 Å². The molecule has 0 unspecified atom stereocenters. The fourth-order valence-corrected chi connectivity index (χ4v) is 1.75. The first-order chi connectivity index (χ1) is 8.33. The minimum absolute atomic E-state index is 0.586. The number of fused-ring (bicyclic) bond motifs is 1. The Balaban J connectivity index is 1.98. The molecule has 2 aromatic heterocycles. The molecule has 0 spiro atoms. The van der Waals surface area contributed by atoms with Crippen LogP contribution in [0.3, 0.4) is 0 Å². The summed E-state index contributed by atoms with van der Waals surface area (Å²) in [6.07, 6.45) is 2.29. The maximum Gasteiger partial charge on any atom is 0.201 e. The van der Waals surface area contributed by atoms with Gasteiger partial charge in [-0.05, 0) is 23.8 Å². The van der Waals surface area contributed by atoms with E-state index < -0.39 is 0 Å². The highest BCUT2D eigenvalue weighted by atomic mass is 16.3. The lowest BCUT2D eigenvalue weighted by Gasteiger charge is -2.01. The maximum absolute atomic E-state index is 5.88. The Hall–Kier alpha value is -2.36. The molecule has 17 heavy (non-hydrogen) atoms. The quantitative estimate of drug-likeness (QED) is 0.680. The second-order valence-electron chi connectivity index (χ2n) is 3.81. The van der Waals surface area contributed by atoms with Crippen LogP contribution >= 0.6 is 0 Å². The highest BCUT2D eigenvalue weighted by molar-refractivity contribution is 5.67. The van der Waals surface area contributed by atoms with E-state index in [1.54, 1.807) is 6.20 Å². The summed E-state index contributed by atoms with van der Waals surface area (Å²) in [5.74, 6) is 0.636. The SMILES string of the molecule is Nc1ccccc1Cc1nc2ncccc2o1. The number of aromatic nitrogens is 2. The maximum atomic E-state index is 5.88. The first kappa shape index (κ1) is 9.84. The van der Waals surface area contributed by atoms with E-state index in [1.165, 1.54) is 0 Å². The third kappa shape index (κ3) is 1.85. The Kier molecular flexibility index (Phi) is 2.26. The molecule has 84 valence electrons. The molecular weight excluding hydrogens is 214 g/mol. The van der Waals surface area contributed by atoms with Crippen LogP contribution in [0, 0.1) is 0 Å². The van der Waals surface area contributed by atoms with Crippen molar-refractivity contribution in [3.63, 3.8) is 0 Å². The fraction of sp³-hybridized carbons (Fsp3) is 0.0769. The lowest BCUT2D eigenvalue weighted by molar-refractivity contribution is 0.544. The molecule has 1 aromatic carbocycles. The molecule has 0 aliphatic carbocycles. The van der Waals surface area contributed by atoms with Crippen molar-refractivity contribution in [2.24, 2.45) is 0 Å². The van der Waals surface area contributed by atoms with E-state index in [4.69, 9.17) is 10.2 Å². The Morgan fingerprint density at radius 1 is 1.12 bits per heavy atom. The molecule has 0 radical (unpaired) electrons. The van der Waals surface area contributed by atoms with Crippen LogP contribution in [0.5, 0.6) is 0 Å². The van der Waals surface area contributed by atoms with Gasteiger partial charge in [0.25, 0.3) is 0 Å². The number of pyridine rings is 1. The zero-order valence-electron chi connectivity index (χ0n) is 9.13. The van der Waals surface area contributed by atoms with Gasteiger partial charge >= 0.3 is 0 Å². The van der Waals surface area contributed by atoms with E-state index in [-0.39, 0.29) is 0 Å². The molecule has 0 saturated carbocycles. The molecule has 0 aliphatic heterocycles. The van der Waals surface area contributed by atoms with Gasteiger partial charge in [-0.15, -0.1) is 0 Å². The summed E-state index contributed by atoms with van der Waals surface area (Å²) in [7, 11) is 0. The monoisotopic (exact) mass is 225 g/mol. The molecule has 2 heterocycles. The van der Waals surface area contributed by atoms with Crippen molar-refractivity contribution in [3.8, 4) is 0 Å². The largest absolute Gasteiger partial charge is 0.439 e. The molecule has 4 heteroatoms. The normalized spacial score (nSPS) is 10.8. The molecule has 0 aliphatic rings. The van der Waals surface area contributed by atoms with Gasteiger partial charge in [-0.2, -0.15) is 4.98 Å². The van der Waals surface area contributed by atoms with E-state index in [9.17, 15) is 0 Å². The Labute approximate surface area is 98.1 Å². The van der Waals surface area contributed by atoms with Crippen LogP contribution in [-0.2, 0) is 6.42 Å². The number of hydrogen-bond donors (Lipinski definition) is 1. The summed E-state index contributed by atoms with van der Waals surface area (Å²) in [6, 6.07) is 11.4. The van der Waals surface area contributed by atoms with Gasteiger partial charge in [0.15, 0.2) is 11.2 Å². The average molecular weight is 225 g/mol. The smallest absolute Gasteiger partial charge is 0.201 e. The molecule has 4 nitrogen and oxygen atoms in total. The van der Waals surface area contributed by atoms with Gasteiger partial charge in [-0.25, -0.2) is 4.98 Å². The third-order valence-corrected chi connectivity index (χ3v) is 2.61. The molecule has 0 saturated heterocycles. The zero-order chi connectivity index (χ0) is 11.7. The number of anilines is 1. The van der Waals surface area contributed by atoms with Gasteiger partial charge < -0.3 is 10.2 Å². The van der Waals surface area contributed by atoms with Crippen molar-refractivity contribution >= 4 is 16.9 Å². The van der Waals surface area contributed by atoms with Gasteiger partial charge in [0.05, 0.1) is 6.42 Å². The third-order valence-electron chi connectivity index (χ3n) is 2.61. The number of nitrogens with zero attached hydrogens (tertiary/aromatic N) is 2. The van der Waals surface area contributed by atoms with Gasteiger partial charge in [0.1, 0.15) is 0 Å². The summed E-state index contributed by atoms with van der Waals surface area (Å²) in [5, 5.41) is 0. The summed E-state index contributed by atoms with van der Waals surface area (Å²) in [5.41, 5.74) is 8.98. The molecular formula is C13H11N3O. The number of oxazole rings is 1. The summed E-state index contributed by atoms with van der Waals surface area (Å²) in [4.78, 5) is 8.45. The van der Waals surface area contributed by atoms with Crippen molar-refractivity contribution < 1.29 is 4.42 Å². The summed E-state index contributed by atoms with van der Waals surface area (Å²) in [6.45, 7) is 0. The Morgan fingerprint density at radius 2 is 2.00 bits per heavy atom. The Bertz CT molecular complexity index is 627. The Morgan fingerprint density at radius 3 is 2.82 bits per heavy atom. The summed E-state index contributed by atoms with van der Waals surface area (Å²) >= 11 is 0. The number of rotatable bonds is 2. The molecule has 3 rings (SSSR count). The standard InChI is InChI=1S/C13H11N3O/c14-10-5-2-1-4-9(10)8-12-16-13-11(17-12)6-3-7-15-13/h1-7H,8,14H2. The highest BCUT2D eigenvalue weighted by Gasteiger charge is 2.08. The molecule has 0 fully saturated rings. The van der Waals surface area contributed by atoms with Crippen LogP contribution < -0.4 is 5.73 Å². The fourth-order valence-electron chi connectivity index (χ4n) is 1.75. The molecule has 0 atom stereocenters. The minimum Gasteiger partial charge on any atom is -0.439 e. The minimum atomic E-state index is 0.586. The van der Waals surface area contributed by atoms with Crippen molar-refractivity contribution in [1.82, 2.24) is 9.97 Å². The number of hydrogen-bond acceptors (Lipinski definition) is 4. The van der Waals surface area contributed by atoms with Gasteiger partial charge in [-0.1, -0.05) is 18.2 Å². The van der Waals surface area contributed by atoms with Crippen LogP contribution in [0.1, 0.15) is 11.5 Å². The van der Waals surface area contributed by atoms with Crippen molar-refractivity contribution in [2.45, 2.75) is 6.42 Å². The van der Waals surface area contributed by atoms with Gasteiger partial charge in [0, 0.05) is 11.9 Å². The average Bonchev–Trinajstić information content (AvgIpc) is 2.74. The van der Waals surface area contributed by atoms with Crippen LogP contribution in [0.4, 0.5) is 5.69 Å². The number of benzene rings is 1. The van der Waals surface area contributed by atoms with E-state index >= 15 is 0 Å². The number of nitrogens with two attached hydrogens (primary N) is 1. The first-order valence-corrected chi connectivity index (χ1v) is 5.37. The predicted octanol–water partition coefficient (Wildman–Crippen LogP) is 2.40. The lowest BCUT2D eigenvalue weighted by Crippen LogP contribution is -1.95. The van der Waals surface area contributed by atoms with Crippen molar-refractivity contribution in [1.29, 1.82) is 0 Å². The number of nitrogen functional groups attached to an aromatic ring is 1. The molecule has 3 aromatic rings. The van der Waals surface area contributed by atoms with Crippen LogP contribution in [-0.4, -0.2) is 9.97 Å². The second-order valence-corrected chi connectivity index (χ2v) is 3.81. The van der Waals surface area contributed by atoms with Crippen LogP contribution in [0.2, 0.25) is 0 Å². The van der Waals surface area contributed by atoms with E-state index in [1.807, 2.05) is 36.4 Å². The topological polar surface area (TPSA) is 64.9 Å². The highest BCUT2D eigenvalue weighted by Crippen LogP contribution is 2.18. The number of para-hydroxylation sites is 1. The van der Waals surface area contributed by atoms with Gasteiger partial charge in [-0.3, -0.25) is 0 Å². The van der Waals surface area contributed by atoms with E-state index in [0.717, 1.165) is 11.3 Å². The van der Waals surface area contributed by atoms with E-state index in [0.29, 0.717) is 23.5 Å². The lowest BCUT2D eigenvalue weighted by atomic mass is 10.1. The molecule has 0 bridgehead atoms. The van der Waals surface area contributed by atoms with E-state index in [2.05, 4.69) is 9.97 Å². The zero-order valence-corrected chi connectivity index (χ0v) is 9.13. The van der Waals surface area contributed by atoms with Crippen molar-refractivity contribution in [2.75, 3.05) is 5.73 Å². The first-order valence-electron chi connectivity index (χ1n) is 5.37. The van der Waals surface area contributed by atoms with Crippen LogP contribution in [0.25, 0.3) is 11.2 Å².